The van der Waals surface area contributed by atoms with E-state index in [1.54, 1.807) is 0 Å². The molecule has 0 radical (unpaired) electrons. The van der Waals surface area contributed by atoms with E-state index in [0.717, 1.165) is 0 Å². The van der Waals surface area contributed by atoms with Crippen molar-refractivity contribution in [1.82, 2.24) is 0 Å². The van der Waals surface area contributed by atoms with Gasteiger partial charge in [-0.2, -0.15) is 8.42 Å². The van der Waals surface area contributed by atoms with E-state index in [2.05, 4.69) is 11.8 Å². The average molecular weight is 227 g/mol. The first-order chi connectivity index (χ1) is 7.04. The van der Waals surface area contributed by atoms with Crippen molar-refractivity contribution in [3.8, 4) is 11.8 Å². The first kappa shape index (κ1) is 11.7. The van der Waals surface area contributed by atoms with Crippen LogP contribution in [0.3, 0.4) is 0 Å². The van der Waals surface area contributed by atoms with Crippen LogP contribution in [-0.4, -0.2) is 15.0 Å². The SMILES string of the molecule is NCCC#Cc1ccc(S(=O)(=O)F)cc1. The van der Waals surface area contributed by atoms with Crippen LogP contribution in [0.4, 0.5) is 3.89 Å². The lowest BCUT2D eigenvalue weighted by Crippen LogP contribution is -1.95. The Morgan fingerprint density at radius 2 is 1.87 bits per heavy atom. The Hall–Kier alpha value is -1.38. The van der Waals surface area contributed by atoms with Gasteiger partial charge >= 0.3 is 10.2 Å². The Labute approximate surface area is 88.3 Å². The van der Waals surface area contributed by atoms with Crippen LogP contribution < -0.4 is 5.73 Å². The minimum absolute atomic E-state index is 0.355. The maximum atomic E-state index is 12.5. The van der Waals surface area contributed by atoms with Crippen molar-refractivity contribution >= 4 is 10.2 Å². The molecule has 15 heavy (non-hydrogen) atoms. The van der Waals surface area contributed by atoms with E-state index in [-0.39, 0.29) is 4.90 Å². The van der Waals surface area contributed by atoms with Gasteiger partial charge in [-0.25, -0.2) is 0 Å². The molecule has 0 heterocycles. The Bertz CT molecular complexity index is 482. The fourth-order valence-electron chi connectivity index (χ4n) is 0.938. The third-order valence-electron chi connectivity index (χ3n) is 1.64. The zero-order valence-electron chi connectivity index (χ0n) is 7.90. The molecule has 1 aromatic rings. The molecule has 80 valence electrons. The van der Waals surface area contributed by atoms with Gasteiger partial charge in [0.05, 0.1) is 4.90 Å². The first-order valence-corrected chi connectivity index (χ1v) is 5.66. The summed E-state index contributed by atoms with van der Waals surface area (Å²) in [5, 5.41) is 0. The van der Waals surface area contributed by atoms with Crippen LogP contribution in [0, 0.1) is 11.8 Å². The van der Waals surface area contributed by atoms with E-state index in [9.17, 15) is 12.3 Å². The molecule has 1 rings (SSSR count). The van der Waals surface area contributed by atoms with E-state index < -0.39 is 10.2 Å². The molecule has 0 unspecified atom stereocenters. The van der Waals surface area contributed by atoms with Gasteiger partial charge in [-0.05, 0) is 24.3 Å². The average Bonchev–Trinajstić information content (AvgIpc) is 2.18. The third-order valence-corrected chi connectivity index (χ3v) is 2.47. The molecule has 1 aromatic carbocycles. The van der Waals surface area contributed by atoms with E-state index in [1.807, 2.05) is 0 Å². The van der Waals surface area contributed by atoms with Gasteiger partial charge in [0, 0.05) is 18.5 Å². The molecule has 0 fully saturated rings. The molecule has 3 nitrogen and oxygen atoms in total. The number of rotatable bonds is 2. The molecule has 0 aliphatic carbocycles. The van der Waals surface area contributed by atoms with E-state index >= 15 is 0 Å². The van der Waals surface area contributed by atoms with Gasteiger partial charge in [-0.15, -0.1) is 3.89 Å². The van der Waals surface area contributed by atoms with Crippen molar-refractivity contribution in [2.45, 2.75) is 11.3 Å². The van der Waals surface area contributed by atoms with Crippen LogP contribution in [0.25, 0.3) is 0 Å². The molecule has 5 heteroatoms. The Morgan fingerprint density at radius 1 is 1.27 bits per heavy atom. The summed E-state index contributed by atoms with van der Waals surface area (Å²) in [5.41, 5.74) is 5.88. The topological polar surface area (TPSA) is 60.2 Å². The molecular formula is C10H10FNO2S. The molecule has 0 atom stereocenters. The summed E-state index contributed by atoms with van der Waals surface area (Å²) >= 11 is 0. The van der Waals surface area contributed by atoms with Crippen molar-refractivity contribution in [2.24, 2.45) is 5.73 Å². The lowest BCUT2D eigenvalue weighted by molar-refractivity contribution is 0.552. The summed E-state index contributed by atoms with van der Waals surface area (Å²) in [7, 11) is -4.61. The van der Waals surface area contributed by atoms with Gasteiger partial charge in [-0.1, -0.05) is 11.8 Å². The van der Waals surface area contributed by atoms with Crippen LogP contribution in [0.2, 0.25) is 0 Å². The van der Waals surface area contributed by atoms with Crippen molar-refractivity contribution in [3.63, 3.8) is 0 Å². The number of hydrogen-bond acceptors (Lipinski definition) is 3. The van der Waals surface area contributed by atoms with Gasteiger partial charge in [0.2, 0.25) is 0 Å². The molecule has 0 aromatic heterocycles. The highest BCUT2D eigenvalue weighted by Crippen LogP contribution is 2.12. The van der Waals surface area contributed by atoms with E-state index in [0.29, 0.717) is 18.5 Å². The Kier molecular flexibility index (Phi) is 3.83. The van der Waals surface area contributed by atoms with Gasteiger partial charge in [0.25, 0.3) is 0 Å². The van der Waals surface area contributed by atoms with Crippen LogP contribution >= 0.6 is 0 Å². The zero-order chi connectivity index (χ0) is 11.3. The predicted molar refractivity (Wildman–Crippen MR) is 55.3 cm³/mol. The van der Waals surface area contributed by atoms with Crippen LogP contribution in [0.15, 0.2) is 29.2 Å². The second-order valence-corrected chi connectivity index (χ2v) is 4.15. The summed E-state index contributed by atoms with van der Waals surface area (Å²) < 4.78 is 33.4. The van der Waals surface area contributed by atoms with Crippen LogP contribution in [0.5, 0.6) is 0 Å². The smallest absolute Gasteiger partial charge is 0.330 e. The van der Waals surface area contributed by atoms with Gasteiger partial charge in [0.1, 0.15) is 0 Å². The maximum Gasteiger partial charge on any atom is 0.332 e. The summed E-state index contributed by atoms with van der Waals surface area (Å²) in [6.45, 7) is 0.476. The second-order valence-electron chi connectivity index (χ2n) is 2.80. The molecule has 0 bridgehead atoms. The first-order valence-electron chi connectivity index (χ1n) is 4.27. The van der Waals surface area contributed by atoms with Gasteiger partial charge in [-0.3, -0.25) is 0 Å². The highest BCUT2D eigenvalue weighted by atomic mass is 32.3. The fraction of sp³-hybridized carbons (Fsp3) is 0.200. The van der Waals surface area contributed by atoms with Gasteiger partial charge < -0.3 is 5.73 Å². The number of hydrogen-bond donors (Lipinski definition) is 1. The molecule has 0 spiro atoms. The highest BCUT2D eigenvalue weighted by Gasteiger charge is 2.09. The Balaban J connectivity index is 2.88. The quantitative estimate of drug-likeness (QED) is 0.606. The van der Waals surface area contributed by atoms with Crippen molar-refractivity contribution in [1.29, 1.82) is 0 Å². The molecule has 0 saturated heterocycles. The normalized spacial score (nSPS) is 10.5. The lowest BCUT2D eigenvalue weighted by Gasteiger charge is -1.94. The fourth-order valence-corrected chi connectivity index (χ4v) is 1.40. The molecule has 0 aliphatic rings. The van der Waals surface area contributed by atoms with E-state index in [4.69, 9.17) is 5.73 Å². The largest absolute Gasteiger partial charge is 0.332 e. The minimum Gasteiger partial charge on any atom is -0.330 e. The molecule has 0 amide bonds. The standard InChI is InChI=1S/C10H10FNO2S/c11-15(13,14)10-6-4-9(5-7-10)3-1-2-8-12/h4-7H,2,8,12H2. The molecule has 0 aliphatic heterocycles. The molecule has 0 saturated carbocycles. The van der Waals surface area contributed by atoms with Crippen molar-refractivity contribution in [2.75, 3.05) is 6.54 Å². The molecule has 2 N–H and O–H groups in total. The second kappa shape index (κ2) is 4.91. The third kappa shape index (κ3) is 3.70. The molecular weight excluding hydrogens is 217 g/mol. The Morgan fingerprint density at radius 3 is 2.33 bits per heavy atom. The summed E-state index contributed by atoms with van der Waals surface area (Å²) in [6, 6.07) is 5.27. The minimum atomic E-state index is -4.61. The number of halogens is 1. The monoisotopic (exact) mass is 227 g/mol. The van der Waals surface area contributed by atoms with Crippen molar-refractivity contribution in [3.05, 3.63) is 29.8 Å². The summed E-state index contributed by atoms with van der Waals surface area (Å²) in [6.07, 6.45) is 0.573. The summed E-state index contributed by atoms with van der Waals surface area (Å²) in [5.74, 6) is 5.57. The number of benzene rings is 1. The summed E-state index contributed by atoms with van der Waals surface area (Å²) in [4.78, 5) is -0.355. The van der Waals surface area contributed by atoms with Crippen molar-refractivity contribution < 1.29 is 12.3 Å². The van der Waals surface area contributed by atoms with Crippen LogP contribution in [0.1, 0.15) is 12.0 Å². The zero-order valence-corrected chi connectivity index (χ0v) is 8.72. The van der Waals surface area contributed by atoms with E-state index in [1.165, 1.54) is 24.3 Å². The predicted octanol–water partition coefficient (Wildman–Crippen LogP) is 1.05. The maximum absolute atomic E-state index is 12.5. The van der Waals surface area contributed by atoms with Crippen LogP contribution in [-0.2, 0) is 10.2 Å². The van der Waals surface area contributed by atoms with Gasteiger partial charge in [0.15, 0.2) is 0 Å². The number of nitrogens with two attached hydrogens (primary N) is 1. The lowest BCUT2D eigenvalue weighted by atomic mass is 10.2. The highest BCUT2D eigenvalue weighted by molar-refractivity contribution is 7.86.